The Morgan fingerprint density at radius 2 is 2.09 bits per heavy atom. The van der Waals surface area contributed by atoms with Crippen LogP contribution in [0.3, 0.4) is 0 Å². The summed E-state index contributed by atoms with van der Waals surface area (Å²) in [7, 11) is 0. The number of pyridine rings is 1. The molecule has 6 heteroatoms. The summed E-state index contributed by atoms with van der Waals surface area (Å²) in [6.45, 7) is 1.57. The Balaban J connectivity index is 1.61. The highest BCUT2D eigenvalue weighted by Crippen LogP contribution is 2.17. The van der Waals surface area contributed by atoms with E-state index < -0.39 is 0 Å². The van der Waals surface area contributed by atoms with E-state index in [2.05, 4.69) is 31.5 Å². The topological polar surface area (TPSA) is 63.2 Å². The lowest BCUT2D eigenvalue weighted by molar-refractivity contribution is 0.102. The molecule has 23 heavy (non-hydrogen) atoms. The van der Waals surface area contributed by atoms with Crippen molar-refractivity contribution >= 4 is 33.2 Å². The fourth-order valence-corrected chi connectivity index (χ4v) is 2.70. The first-order valence-electron chi connectivity index (χ1n) is 7.58. The fraction of sp³-hybridized carbons (Fsp3) is 0.294. The Morgan fingerprint density at radius 3 is 2.83 bits per heavy atom. The number of aromatic nitrogens is 1. The van der Waals surface area contributed by atoms with E-state index in [4.69, 9.17) is 4.74 Å². The smallest absolute Gasteiger partial charge is 0.257 e. The molecule has 0 spiro atoms. The van der Waals surface area contributed by atoms with E-state index in [1.54, 1.807) is 18.5 Å². The third-order valence-electron chi connectivity index (χ3n) is 3.66. The molecule has 0 bridgehead atoms. The van der Waals surface area contributed by atoms with Gasteiger partial charge < -0.3 is 15.4 Å². The van der Waals surface area contributed by atoms with Crippen molar-refractivity contribution in [1.82, 2.24) is 4.98 Å². The molecule has 1 aliphatic heterocycles. The zero-order valence-electron chi connectivity index (χ0n) is 12.6. The van der Waals surface area contributed by atoms with Crippen molar-refractivity contribution in [3.05, 3.63) is 52.8 Å². The second-order valence-electron chi connectivity index (χ2n) is 5.44. The Morgan fingerprint density at radius 1 is 1.26 bits per heavy atom. The molecule has 0 aliphatic carbocycles. The van der Waals surface area contributed by atoms with Crippen LogP contribution >= 0.6 is 15.9 Å². The molecular formula is C17H18BrN3O2. The summed E-state index contributed by atoms with van der Waals surface area (Å²) < 4.78 is 6.54. The number of carbonyl (C=O) groups excluding carboxylic acids is 1. The van der Waals surface area contributed by atoms with Gasteiger partial charge in [-0.1, -0.05) is 15.9 Å². The number of nitrogens with one attached hydrogen (secondary N) is 2. The molecule has 2 N–H and O–H groups in total. The molecule has 2 heterocycles. The predicted molar refractivity (Wildman–Crippen MR) is 93.8 cm³/mol. The number of benzene rings is 1. The van der Waals surface area contributed by atoms with Crippen molar-refractivity contribution in [2.45, 2.75) is 18.9 Å². The summed E-state index contributed by atoms with van der Waals surface area (Å²) in [6, 6.07) is 9.25. The molecule has 5 nitrogen and oxygen atoms in total. The Labute approximate surface area is 143 Å². The maximum atomic E-state index is 12.3. The molecule has 1 aromatic carbocycles. The van der Waals surface area contributed by atoms with Gasteiger partial charge in [0.15, 0.2) is 0 Å². The zero-order valence-corrected chi connectivity index (χ0v) is 14.2. The quantitative estimate of drug-likeness (QED) is 0.836. The summed E-state index contributed by atoms with van der Waals surface area (Å²) in [5, 5.41) is 6.14. The van der Waals surface area contributed by atoms with E-state index in [0.717, 1.165) is 41.8 Å². The van der Waals surface area contributed by atoms with Crippen LogP contribution in [0.15, 0.2) is 47.2 Å². The number of rotatable bonds is 5. The van der Waals surface area contributed by atoms with Gasteiger partial charge >= 0.3 is 0 Å². The molecule has 0 saturated carbocycles. The molecule has 120 valence electrons. The lowest BCUT2D eigenvalue weighted by atomic mass is 10.2. The van der Waals surface area contributed by atoms with Crippen molar-refractivity contribution in [3.63, 3.8) is 0 Å². The lowest BCUT2D eigenvalue weighted by Crippen LogP contribution is -2.19. The largest absolute Gasteiger partial charge is 0.381 e. The highest BCUT2D eigenvalue weighted by atomic mass is 79.9. The van der Waals surface area contributed by atoms with Crippen LogP contribution in [-0.4, -0.2) is 30.1 Å². The first-order chi connectivity index (χ1) is 11.2. The van der Waals surface area contributed by atoms with Gasteiger partial charge in [0.05, 0.1) is 17.4 Å². The maximum Gasteiger partial charge on any atom is 0.257 e. The van der Waals surface area contributed by atoms with E-state index in [-0.39, 0.29) is 12.0 Å². The number of anilines is 2. The SMILES string of the molecule is O=C(Nc1ccc(Br)cc1)c1cncc(NCC2CCCO2)c1. The normalized spacial score (nSPS) is 17.0. The monoisotopic (exact) mass is 375 g/mol. The van der Waals surface area contributed by atoms with Crippen molar-refractivity contribution in [2.75, 3.05) is 23.8 Å². The van der Waals surface area contributed by atoms with Crippen molar-refractivity contribution in [3.8, 4) is 0 Å². The molecule has 0 radical (unpaired) electrons. The molecule has 1 unspecified atom stereocenters. The van der Waals surface area contributed by atoms with E-state index in [1.807, 2.05) is 24.3 Å². The number of hydrogen-bond donors (Lipinski definition) is 2. The van der Waals surface area contributed by atoms with Gasteiger partial charge in [0.2, 0.25) is 0 Å². The average Bonchev–Trinajstić information content (AvgIpc) is 3.09. The zero-order chi connectivity index (χ0) is 16.1. The lowest BCUT2D eigenvalue weighted by Gasteiger charge is -2.12. The number of hydrogen-bond acceptors (Lipinski definition) is 4. The van der Waals surface area contributed by atoms with Gasteiger partial charge in [-0.2, -0.15) is 0 Å². The summed E-state index contributed by atoms with van der Waals surface area (Å²) >= 11 is 3.37. The Hall–Kier alpha value is -1.92. The van der Waals surface area contributed by atoms with Crippen LogP contribution in [0.2, 0.25) is 0 Å². The van der Waals surface area contributed by atoms with Gasteiger partial charge in [-0.3, -0.25) is 9.78 Å². The van der Waals surface area contributed by atoms with E-state index in [0.29, 0.717) is 5.56 Å². The van der Waals surface area contributed by atoms with Gasteiger partial charge in [-0.15, -0.1) is 0 Å². The highest BCUT2D eigenvalue weighted by Gasteiger charge is 2.15. The number of ether oxygens (including phenoxy) is 1. The van der Waals surface area contributed by atoms with Gasteiger partial charge in [0.25, 0.3) is 5.91 Å². The second-order valence-corrected chi connectivity index (χ2v) is 6.35. The molecular weight excluding hydrogens is 358 g/mol. The van der Waals surface area contributed by atoms with E-state index in [1.165, 1.54) is 0 Å². The minimum absolute atomic E-state index is 0.180. The molecule has 1 aromatic heterocycles. The van der Waals surface area contributed by atoms with Crippen molar-refractivity contribution < 1.29 is 9.53 Å². The van der Waals surface area contributed by atoms with Crippen molar-refractivity contribution in [2.24, 2.45) is 0 Å². The summed E-state index contributed by atoms with van der Waals surface area (Å²) in [5.41, 5.74) is 2.09. The van der Waals surface area contributed by atoms with Crippen LogP contribution in [-0.2, 0) is 4.74 Å². The van der Waals surface area contributed by atoms with Crippen molar-refractivity contribution in [1.29, 1.82) is 0 Å². The summed E-state index contributed by atoms with van der Waals surface area (Å²) in [5.74, 6) is -0.180. The van der Waals surface area contributed by atoms with Crippen LogP contribution in [0, 0.1) is 0 Å². The van der Waals surface area contributed by atoms with Crippen LogP contribution in [0.5, 0.6) is 0 Å². The molecule has 1 fully saturated rings. The number of carbonyl (C=O) groups is 1. The summed E-state index contributed by atoms with van der Waals surface area (Å²) in [6.07, 6.45) is 5.71. The minimum Gasteiger partial charge on any atom is -0.381 e. The minimum atomic E-state index is -0.180. The van der Waals surface area contributed by atoms with Crippen LogP contribution < -0.4 is 10.6 Å². The Kier molecular flexibility index (Phi) is 5.25. The van der Waals surface area contributed by atoms with E-state index >= 15 is 0 Å². The molecule has 1 aliphatic rings. The second kappa shape index (κ2) is 7.57. The van der Waals surface area contributed by atoms with Crippen LogP contribution in [0.4, 0.5) is 11.4 Å². The standard InChI is InChI=1S/C17H18BrN3O2/c18-13-3-5-14(6-4-13)21-17(22)12-8-15(10-19-9-12)20-11-16-2-1-7-23-16/h3-6,8-10,16,20H,1-2,7,11H2,(H,21,22). The average molecular weight is 376 g/mol. The summed E-state index contributed by atoms with van der Waals surface area (Å²) in [4.78, 5) is 16.4. The van der Waals surface area contributed by atoms with Crippen LogP contribution in [0.1, 0.15) is 23.2 Å². The first kappa shape index (κ1) is 16.0. The number of amides is 1. The molecule has 1 saturated heterocycles. The van der Waals surface area contributed by atoms with Crippen LogP contribution in [0.25, 0.3) is 0 Å². The number of halogens is 1. The third-order valence-corrected chi connectivity index (χ3v) is 4.19. The first-order valence-corrected chi connectivity index (χ1v) is 8.37. The van der Waals surface area contributed by atoms with E-state index in [9.17, 15) is 4.79 Å². The predicted octanol–water partition coefficient (Wildman–Crippen LogP) is 3.69. The molecule has 1 atom stereocenters. The third kappa shape index (κ3) is 4.53. The maximum absolute atomic E-state index is 12.3. The molecule has 3 rings (SSSR count). The van der Waals surface area contributed by atoms with Gasteiger partial charge in [0.1, 0.15) is 0 Å². The number of nitrogens with zero attached hydrogens (tertiary/aromatic N) is 1. The molecule has 1 amide bonds. The Bertz CT molecular complexity index is 670. The molecule has 2 aromatic rings. The fourth-order valence-electron chi connectivity index (χ4n) is 2.43. The highest BCUT2D eigenvalue weighted by molar-refractivity contribution is 9.10. The van der Waals surface area contributed by atoms with Gasteiger partial charge in [-0.05, 0) is 43.2 Å². The van der Waals surface area contributed by atoms with Gasteiger partial charge in [0, 0.05) is 35.7 Å². The van der Waals surface area contributed by atoms with Gasteiger partial charge in [-0.25, -0.2) is 0 Å².